The summed E-state index contributed by atoms with van der Waals surface area (Å²) in [7, 11) is 1.51. The second-order valence-electron chi connectivity index (χ2n) is 4.76. The smallest absolute Gasteiger partial charge is 0.338 e. The van der Waals surface area contributed by atoms with Crippen molar-refractivity contribution in [1.82, 2.24) is 0 Å². The topological polar surface area (TPSA) is 64.6 Å². The standard InChI is InChI=1S/C17H15F2NO4S/c1-23-13-6-2-11(3-7-13)16(22)24-10-15(21)20-12-4-8-14(9-5-12)25-17(18)19/h2-9,17H,10H2,1H3,(H,20,21). The quantitative estimate of drug-likeness (QED) is 0.596. The molecule has 0 aliphatic carbocycles. The number of anilines is 1. The third-order valence-corrected chi connectivity index (χ3v) is 3.75. The van der Waals surface area contributed by atoms with Gasteiger partial charge in [-0.2, -0.15) is 8.78 Å². The molecule has 0 unspecified atom stereocenters. The Labute approximate surface area is 147 Å². The number of rotatable bonds is 7. The number of thioether (sulfide) groups is 1. The molecule has 0 aliphatic rings. The molecule has 8 heteroatoms. The number of esters is 1. The van der Waals surface area contributed by atoms with Gasteiger partial charge in [-0.15, -0.1) is 0 Å². The summed E-state index contributed by atoms with van der Waals surface area (Å²) in [4.78, 5) is 24.0. The van der Waals surface area contributed by atoms with E-state index in [-0.39, 0.29) is 0 Å². The molecule has 0 atom stereocenters. The van der Waals surface area contributed by atoms with Crippen LogP contribution in [0.1, 0.15) is 10.4 Å². The first-order valence-corrected chi connectivity index (χ1v) is 8.02. The number of nitrogens with one attached hydrogen (secondary N) is 1. The highest BCUT2D eigenvalue weighted by atomic mass is 32.2. The molecule has 0 aromatic heterocycles. The molecular formula is C17H15F2NO4S. The van der Waals surface area contributed by atoms with Gasteiger partial charge in [-0.05, 0) is 48.5 Å². The molecule has 0 fully saturated rings. The van der Waals surface area contributed by atoms with Gasteiger partial charge in [0, 0.05) is 10.6 Å². The van der Waals surface area contributed by atoms with Crippen LogP contribution in [0.5, 0.6) is 5.75 Å². The van der Waals surface area contributed by atoms with Gasteiger partial charge >= 0.3 is 5.97 Å². The summed E-state index contributed by atoms with van der Waals surface area (Å²) in [6.45, 7) is -0.460. The first-order valence-electron chi connectivity index (χ1n) is 7.14. The Balaban J connectivity index is 1.82. The third kappa shape index (κ3) is 6.07. The monoisotopic (exact) mass is 367 g/mol. The summed E-state index contributed by atoms with van der Waals surface area (Å²) in [5.74, 6) is -3.07. The van der Waals surface area contributed by atoms with Crippen molar-refractivity contribution in [2.45, 2.75) is 10.7 Å². The molecule has 0 aliphatic heterocycles. The molecule has 0 saturated carbocycles. The molecule has 0 bridgehead atoms. The van der Waals surface area contributed by atoms with Crippen LogP contribution in [0, 0.1) is 0 Å². The lowest BCUT2D eigenvalue weighted by molar-refractivity contribution is -0.119. The number of carbonyl (C=O) groups is 2. The fourth-order valence-electron chi connectivity index (χ4n) is 1.86. The lowest BCUT2D eigenvalue weighted by Gasteiger charge is -2.08. The highest BCUT2D eigenvalue weighted by Gasteiger charge is 2.11. The Morgan fingerprint density at radius 2 is 1.72 bits per heavy atom. The van der Waals surface area contributed by atoms with Crippen LogP contribution in [0.15, 0.2) is 53.4 Å². The van der Waals surface area contributed by atoms with Gasteiger partial charge in [0.25, 0.3) is 11.7 Å². The Morgan fingerprint density at radius 1 is 1.08 bits per heavy atom. The second-order valence-corrected chi connectivity index (χ2v) is 5.82. The van der Waals surface area contributed by atoms with Crippen LogP contribution in [-0.4, -0.2) is 31.4 Å². The van der Waals surface area contributed by atoms with Gasteiger partial charge < -0.3 is 14.8 Å². The van der Waals surface area contributed by atoms with Gasteiger partial charge in [0.2, 0.25) is 0 Å². The van der Waals surface area contributed by atoms with Gasteiger partial charge in [0.1, 0.15) is 5.75 Å². The number of hydrogen-bond acceptors (Lipinski definition) is 5. The van der Waals surface area contributed by atoms with E-state index in [1.807, 2.05) is 0 Å². The molecular weight excluding hydrogens is 352 g/mol. The molecule has 2 aromatic carbocycles. The number of ether oxygens (including phenoxy) is 2. The maximum absolute atomic E-state index is 12.2. The molecule has 0 spiro atoms. The average Bonchev–Trinajstić information content (AvgIpc) is 2.61. The van der Waals surface area contributed by atoms with Gasteiger partial charge in [-0.3, -0.25) is 4.79 Å². The second kappa shape index (κ2) is 9.03. The van der Waals surface area contributed by atoms with E-state index >= 15 is 0 Å². The summed E-state index contributed by atoms with van der Waals surface area (Å²) < 4.78 is 34.4. The molecule has 1 amide bonds. The molecule has 25 heavy (non-hydrogen) atoms. The fourth-order valence-corrected chi connectivity index (χ4v) is 2.36. The van der Waals surface area contributed by atoms with Crippen LogP contribution in [0.25, 0.3) is 0 Å². The van der Waals surface area contributed by atoms with Crippen LogP contribution in [-0.2, 0) is 9.53 Å². The van der Waals surface area contributed by atoms with E-state index in [0.29, 0.717) is 33.7 Å². The largest absolute Gasteiger partial charge is 0.497 e. The maximum Gasteiger partial charge on any atom is 0.338 e. The van der Waals surface area contributed by atoms with Crippen molar-refractivity contribution >= 4 is 29.3 Å². The SMILES string of the molecule is COc1ccc(C(=O)OCC(=O)Nc2ccc(SC(F)F)cc2)cc1. The van der Waals surface area contributed by atoms with Crippen molar-refractivity contribution in [3.05, 3.63) is 54.1 Å². The number of alkyl halides is 2. The number of benzene rings is 2. The van der Waals surface area contributed by atoms with Crippen LogP contribution < -0.4 is 10.1 Å². The lowest BCUT2D eigenvalue weighted by Crippen LogP contribution is -2.20. The predicted molar refractivity (Wildman–Crippen MR) is 90.2 cm³/mol. The highest BCUT2D eigenvalue weighted by molar-refractivity contribution is 7.99. The first kappa shape index (κ1) is 18.7. The number of methoxy groups -OCH3 is 1. The average molecular weight is 367 g/mol. The number of hydrogen-bond donors (Lipinski definition) is 1. The first-order chi connectivity index (χ1) is 12.0. The van der Waals surface area contributed by atoms with Crippen LogP contribution >= 0.6 is 11.8 Å². The third-order valence-electron chi connectivity index (χ3n) is 3.02. The Bertz CT molecular complexity index is 720. The minimum atomic E-state index is -2.50. The zero-order valence-electron chi connectivity index (χ0n) is 13.2. The van der Waals surface area contributed by atoms with E-state index in [0.717, 1.165) is 0 Å². The number of amides is 1. The van der Waals surface area contributed by atoms with Crippen molar-refractivity contribution in [3.8, 4) is 5.75 Å². The van der Waals surface area contributed by atoms with Crippen LogP contribution in [0.2, 0.25) is 0 Å². The molecule has 2 rings (SSSR count). The van der Waals surface area contributed by atoms with Crippen molar-refractivity contribution in [3.63, 3.8) is 0 Å². The van der Waals surface area contributed by atoms with Gasteiger partial charge in [0.05, 0.1) is 12.7 Å². The van der Waals surface area contributed by atoms with Crippen molar-refractivity contribution < 1.29 is 27.8 Å². The number of carbonyl (C=O) groups excluding carboxylic acids is 2. The van der Waals surface area contributed by atoms with E-state index in [9.17, 15) is 18.4 Å². The Kier molecular flexibility index (Phi) is 6.76. The highest BCUT2D eigenvalue weighted by Crippen LogP contribution is 2.26. The van der Waals surface area contributed by atoms with Crippen LogP contribution in [0.3, 0.4) is 0 Å². The van der Waals surface area contributed by atoms with Crippen molar-refractivity contribution in [1.29, 1.82) is 0 Å². The summed E-state index contributed by atoms with van der Waals surface area (Å²) in [5, 5.41) is 2.51. The summed E-state index contributed by atoms with van der Waals surface area (Å²) in [5.41, 5.74) is 0.714. The fraction of sp³-hybridized carbons (Fsp3) is 0.176. The summed E-state index contributed by atoms with van der Waals surface area (Å²) in [6.07, 6.45) is 0. The molecule has 1 N–H and O–H groups in total. The summed E-state index contributed by atoms with van der Waals surface area (Å²) >= 11 is 0.416. The molecule has 0 radical (unpaired) electrons. The molecule has 0 heterocycles. The van der Waals surface area contributed by atoms with Crippen molar-refractivity contribution in [2.75, 3.05) is 19.0 Å². The minimum Gasteiger partial charge on any atom is -0.497 e. The maximum atomic E-state index is 12.2. The van der Waals surface area contributed by atoms with E-state index < -0.39 is 24.2 Å². The Hall–Kier alpha value is -2.61. The van der Waals surface area contributed by atoms with E-state index in [2.05, 4.69) is 5.32 Å². The summed E-state index contributed by atoms with van der Waals surface area (Å²) in [6, 6.07) is 12.2. The molecule has 0 saturated heterocycles. The molecule has 132 valence electrons. The zero-order valence-corrected chi connectivity index (χ0v) is 14.0. The van der Waals surface area contributed by atoms with Gasteiger partial charge in [0.15, 0.2) is 6.61 Å². The van der Waals surface area contributed by atoms with E-state index in [4.69, 9.17) is 9.47 Å². The normalized spacial score (nSPS) is 10.4. The molecule has 2 aromatic rings. The van der Waals surface area contributed by atoms with Crippen molar-refractivity contribution in [2.24, 2.45) is 0 Å². The van der Waals surface area contributed by atoms with Gasteiger partial charge in [-0.25, -0.2) is 4.79 Å². The Morgan fingerprint density at radius 3 is 2.28 bits per heavy atom. The van der Waals surface area contributed by atoms with E-state index in [1.54, 1.807) is 12.1 Å². The lowest BCUT2D eigenvalue weighted by atomic mass is 10.2. The number of halogens is 2. The van der Waals surface area contributed by atoms with E-state index in [1.165, 1.54) is 43.5 Å². The van der Waals surface area contributed by atoms with Crippen LogP contribution in [0.4, 0.5) is 14.5 Å². The molecule has 5 nitrogen and oxygen atoms in total. The zero-order chi connectivity index (χ0) is 18.2. The predicted octanol–water partition coefficient (Wildman–Crippen LogP) is 3.81. The minimum absolute atomic E-state index is 0.293. The van der Waals surface area contributed by atoms with Gasteiger partial charge in [-0.1, -0.05) is 11.8 Å².